The van der Waals surface area contributed by atoms with Crippen LogP contribution in [-0.4, -0.2) is 22.0 Å². The van der Waals surface area contributed by atoms with Crippen molar-refractivity contribution in [3.05, 3.63) is 58.3 Å². The van der Waals surface area contributed by atoms with Gasteiger partial charge in [-0.1, -0.05) is 15.9 Å². The lowest BCUT2D eigenvalue weighted by Crippen LogP contribution is -2.04. The van der Waals surface area contributed by atoms with Crippen LogP contribution in [-0.2, 0) is 0 Å². The zero-order chi connectivity index (χ0) is 17.1. The summed E-state index contributed by atoms with van der Waals surface area (Å²) in [6.45, 7) is 4.15. The Kier molecular flexibility index (Phi) is 4.76. The first-order valence-corrected chi connectivity index (χ1v) is 8.37. The van der Waals surface area contributed by atoms with Gasteiger partial charge < -0.3 is 10.6 Å². The molecule has 0 unspecified atom stereocenters. The van der Waals surface area contributed by atoms with Crippen LogP contribution in [0, 0.1) is 13.8 Å². The van der Waals surface area contributed by atoms with Crippen LogP contribution in [0.3, 0.4) is 0 Å². The van der Waals surface area contributed by atoms with E-state index in [1.807, 2.05) is 25.2 Å². The smallest absolute Gasteiger partial charge is 0.224 e. The van der Waals surface area contributed by atoms with Crippen LogP contribution >= 0.6 is 15.9 Å². The number of nitrogens with one attached hydrogen (secondary N) is 2. The molecule has 0 aliphatic rings. The Morgan fingerprint density at radius 1 is 0.958 bits per heavy atom. The molecule has 3 aromatic rings. The maximum absolute atomic E-state index is 4.53. The molecule has 0 spiro atoms. The van der Waals surface area contributed by atoms with Gasteiger partial charge in [-0.15, -0.1) is 0 Å². The van der Waals surface area contributed by atoms with Gasteiger partial charge in [0.2, 0.25) is 5.95 Å². The highest BCUT2D eigenvalue weighted by Crippen LogP contribution is 2.29. The predicted octanol–water partition coefficient (Wildman–Crippen LogP) is 4.70. The number of anilines is 3. The number of nitrogens with zero attached hydrogens (tertiary/aromatic N) is 3. The highest BCUT2D eigenvalue weighted by molar-refractivity contribution is 9.10. The molecule has 0 radical (unpaired) electrons. The average Bonchev–Trinajstić information content (AvgIpc) is 2.58. The number of hydrogen-bond donors (Lipinski definition) is 2. The number of halogens is 1. The third-order valence-corrected chi connectivity index (χ3v) is 4.13. The van der Waals surface area contributed by atoms with Crippen molar-refractivity contribution < 1.29 is 0 Å². The zero-order valence-electron chi connectivity index (χ0n) is 13.8. The molecule has 24 heavy (non-hydrogen) atoms. The van der Waals surface area contributed by atoms with Crippen molar-refractivity contribution in [3.8, 4) is 11.3 Å². The summed E-state index contributed by atoms with van der Waals surface area (Å²) in [4.78, 5) is 13.1. The van der Waals surface area contributed by atoms with E-state index in [-0.39, 0.29) is 0 Å². The van der Waals surface area contributed by atoms with E-state index < -0.39 is 0 Å². The normalized spacial score (nSPS) is 10.5. The van der Waals surface area contributed by atoms with Gasteiger partial charge >= 0.3 is 0 Å². The molecule has 2 heterocycles. The van der Waals surface area contributed by atoms with Gasteiger partial charge in [-0.3, -0.25) is 4.98 Å². The Labute approximate surface area is 149 Å². The molecule has 0 bridgehead atoms. The third kappa shape index (κ3) is 3.54. The van der Waals surface area contributed by atoms with Crippen molar-refractivity contribution in [1.82, 2.24) is 15.0 Å². The van der Waals surface area contributed by atoms with Crippen LogP contribution in [0.5, 0.6) is 0 Å². The van der Waals surface area contributed by atoms with Gasteiger partial charge in [-0.2, -0.15) is 4.98 Å². The van der Waals surface area contributed by atoms with Crippen LogP contribution < -0.4 is 10.6 Å². The minimum absolute atomic E-state index is 0.569. The summed E-state index contributed by atoms with van der Waals surface area (Å²) in [5.74, 6) is 1.31. The molecular formula is C18H18BrN5. The molecule has 5 nitrogen and oxygen atoms in total. The minimum atomic E-state index is 0.569. The van der Waals surface area contributed by atoms with E-state index in [0.717, 1.165) is 38.4 Å². The highest BCUT2D eigenvalue weighted by atomic mass is 79.9. The van der Waals surface area contributed by atoms with Crippen molar-refractivity contribution in [2.45, 2.75) is 13.8 Å². The van der Waals surface area contributed by atoms with Crippen LogP contribution in [0.15, 0.2) is 47.2 Å². The van der Waals surface area contributed by atoms with Crippen LogP contribution in [0.25, 0.3) is 11.3 Å². The molecule has 6 heteroatoms. The molecule has 122 valence electrons. The van der Waals surface area contributed by atoms with E-state index in [9.17, 15) is 0 Å². The van der Waals surface area contributed by atoms with E-state index in [1.54, 1.807) is 12.4 Å². The monoisotopic (exact) mass is 383 g/mol. The predicted molar refractivity (Wildman–Crippen MR) is 102 cm³/mol. The molecule has 3 rings (SSSR count). The summed E-state index contributed by atoms with van der Waals surface area (Å²) in [6, 6.07) is 9.97. The number of rotatable bonds is 4. The van der Waals surface area contributed by atoms with E-state index in [1.165, 1.54) is 0 Å². The first-order valence-electron chi connectivity index (χ1n) is 7.58. The first kappa shape index (κ1) is 16.4. The second-order valence-corrected chi connectivity index (χ2v) is 6.40. The number of pyridine rings is 1. The van der Waals surface area contributed by atoms with Gasteiger partial charge in [0.1, 0.15) is 5.82 Å². The molecule has 0 fully saturated rings. The van der Waals surface area contributed by atoms with Crippen LogP contribution in [0.2, 0.25) is 0 Å². The van der Waals surface area contributed by atoms with Gasteiger partial charge in [0, 0.05) is 41.2 Å². The molecule has 0 amide bonds. The highest BCUT2D eigenvalue weighted by Gasteiger charge is 2.09. The quantitative estimate of drug-likeness (QED) is 0.683. The second-order valence-electron chi connectivity index (χ2n) is 5.49. The Balaban J connectivity index is 2.03. The molecule has 0 saturated carbocycles. The van der Waals surface area contributed by atoms with Crippen LogP contribution in [0.1, 0.15) is 11.1 Å². The summed E-state index contributed by atoms with van der Waals surface area (Å²) in [7, 11) is 1.81. The Hall–Kier alpha value is -2.47. The van der Waals surface area contributed by atoms with Crippen molar-refractivity contribution in [2.24, 2.45) is 0 Å². The fourth-order valence-electron chi connectivity index (χ4n) is 2.53. The summed E-state index contributed by atoms with van der Waals surface area (Å²) in [5.41, 5.74) is 5.19. The fraction of sp³-hybridized carbons (Fsp3) is 0.167. The summed E-state index contributed by atoms with van der Waals surface area (Å²) < 4.78 is 1.07. The Bertz CT molecular complexity index is 842. The molecule has 0 atom stereocenters. The van der Waals surface area contributed by atoms with E-state index in [4.69, 9.17) is 0 Å². The minimum Gasteiger partial charge on any atom is -0.357 e. The van der Waals surface area contributed by atoms with Crippen LogP contribution in [0.4, 0.5) is 17.5 Å². The lowest BCUT2D eigenvalue weighted by Gasteiger charge is -2.14. The maximum atomic E-state index is 4.53. The lowest BCUT2D eigenvalue weighted by atomic mass is 10.1. The SMILES string of the molecule is CNc1nc(Nc2c(C)cc(Br)cc2C)cc(-c2ccncc2)n1. The first-order chi connectivity index (χ1) is 11.6. The molecule has 2 N–H and O–H groups in total. The largest absolute Gasteiger partial charge is 0.357 e. The molecular weight excluding hydrogens is 366 g/mol. The Morgan fingerprint density at radius 3 is 2.25 bits per heavy atom. The van der Waals surface area contributed by atoms with E-state index >= 15 is 0 Å². The van der Waals surface area contributed by atoms with Gasteiger partial charge in [0.25, 0.3) is 0 Å². The summed E-state index contributed by atoms with van der Waals surface area (Å²) >= 11 is 3.53. The standard InChI is InChI=1S/C18H18BrN5/c1-11-8-14(19)9-12(2)17(11)23-16-10-15(22-18(20-3)24-16)13-4-6-21-7-5-13/h4-10H,1-3H3,(H2,20,22,23,24). The molecule has 0 aliphatic heterocycles. The third-order valence-electron chi connectivity index (χ3n) is 3.68. The second kappa shape index (κ2) is 6.97. The number of benzene rings is 1. The van der Waals surface area contributed by atoms with Crippen molar-refractivity contribution >= 4 is 33.4 Å². The topological polar surface area (TPSA) is 62.7 Å². The van der Waals surface area contributed by atoms with Crippen molar-refractivity contribution in [1.29, 1.82) is 0 Å². The van der Waals surface area contributed by atoms with Gasteiger partial charge in [0.15, 0.2) is 0 Å². The number of hydrogen-bond acceptors (Lipinski definition) is 5. The lowest BCUT2D eigenvalue weighted by molar-refractivity contribution is 1.15. The zero-order valence-corrected chi connectivity index (χ0v) is 15.3. The molecule has 2 aromatic heterocycles. The Morgan fingerprint density at radius 2 is 1.62 bits per heavy atom. The van der Waals surface area contributed by atoms with E-state index in [2.05, 4.69) is 67.5 Å². The molecule has 0 aliphatic carbocycles. The maximum Gasteiger partial charge on any atom is 0.224 e. The molecule has 0 saturated heterocycles. The van der Waals surface area contributed by atoms with E-state index in [0.29, 0.717) is 5.95 Å². The summed E-state index contributed by atoms with van der Waals surface area (Å²) in [6.07, 6.45) is 3.51. The summed E-state index contributed by atoms with van der Waals surface area (Å²) in [5, 5.41) is 6.44. The van der Waals surface area contributed by atoms with Gasteiger partial charge in [-0.05, 0) is 49.2 Å². The fourth-order valence-corrected chi connectivity index (χ4v) is 3.22. The van der Waals surface area contributed by atoms with Crippen molar-refractivity contribution in [3.63, 3.8) is 0 Å². The number of aryl methyl sites for hydroxylation is 2. The number of aromatic nitrogens is 3. The van der Waals surface area contributed by atoms with Gasteiger partial charge in [0.05, 0.1) is 5.69 Å². The van der Waals surface area contributed by atoms with Gasteiger partial charge in [-0.25, -0.2) is 4.98 Å². The van der Waals surface area contributed by atoms with Crippen molar-refractivity contribution in [2.75, 3.05) is 17.7 Å². The average molecular weight is 384 g/mol. The molecule has 1 aromatic carbocycles.